The highest BCUT2D eigenvalue weighted by molar-refractivity contribution is 6.05. The summed E-state index contributed by atoms with van der Waals surface area (Å²) in [6.45, 7) is 1.36. The lowest BCUT2D eigenvalue weighted by Crippen LogP contribution is -2.66. The van der Waals surface area contributed by atoms with E-state index in [9.17, 15) is 28.0 Å². The number of anilines is 2. The molecule has 6 rings (SSSR count). The Morgan fingerprint density at radius 2 is 1.88 bits per heavy atom. The van der Waals surface area contributed by atoms with Crippen LogP contribution in [0.2, 0.25) is 0 Å². The minimum Gasteiger partial charge on any atom is -0.377 e. The summed E-state index contributed by atoms with van der Waals surface area (Å²) in [5, 5.41) is 2.74. The van der Waals surface area contributed by atoms with Crippen molar-refractivity contribution in [1.82, 2.24) is 29.7 Å². The number of halogens is 2. The molecule has 5 atom stereocenters. The van der Waals surface area contributed by atoms with E-state index in [0.29, 0.717) is 17.2 Å². The maximum Gasteiger partial charge on any atom is 0.328 e. The Kier molecular flexibility index (Phi) is 7.02. The smallest absolute Gasteiger partial charge is 0.328 e. The number of pyridine rings is 1. The molecule has 43 heavy (non-hydrogen) atoms. The van der Waals surface area contributed by atoms with Crippen LogP contribution in [-0.4, -0.2) is 124 Å². The summed E-state index contributed by atoms with van der Waals surface area (Å²) < 4.78 is 31.9. The number of urea groups is 1. The summed E-state index contributed by atoms with van der Waals surface area (Å²) in [7, 11) is 2.81. The number of fused-ring (bicyclic) bond motifs is 2. The van der Waals surface area contributed by atoms with E-state index in [-0.39, 0.29) is 25.5 Å². The number of hydrogen-bond acceptors (Lipinski definition) is 11. The third-order valence-electron chi connectivity index (χ3n) is 8.30. The molecule has 4 aliphatic rings. The van der Waals surface area contributed by atoms with Crippen molar-refractivity contribution >= 4 is 41.6 Å². The van der Waals surface area contributed by atoms with E-state index in [4.69, 9.17) is 4.74 Å². The van der Waals surface area contributed by atoms with Crippen molar-refractivity contribution in [3.8, 4) is 11.4 Å². The third kappa shape index (κ3) is 4.94. The Morgan fingerprint density at radius 1 is 1.14 bits per heavy atom. The van der Waals surface area contributed by atoms with E-state index in [0.717, 1.165) is 4.90 Å². The Labute approximate surface area is 244 Å². The van der Waals surface area contributed by atoms with Gasteiger partial charge in [0.15, 0.2) is 18.0 Å². The number of nitrogens with one attached hydrogen (secondary N) is 1. The molecule has 2 saturated heterocycles. The number of alkyl halides is 2. The molecular formula is C27H29F2N9O5. The second-order valence-corrected chi connectivity index (χ2v) is 11.0. The van der Waals surface area contributed by atoms with Crippen LogP contribution >= 0.6 is 0 Å². The number of methoxy groups -OCH3 is 1. The predicted molar refractivity (Wildman–Crippen MR) is 147 cm³/mol. The van der Waals surface area contributed by atoms with Crippen LogP contribution in [0.4, 0.5) is 25.2 Å². The minimum absolute atomic E-state index is 0.226. The van der Waals surface area contributed by atoms with Gasteiger partial charge in [0.25, 0.3) is 11.8 Å². The number of amides is 4. The number of likely N-dealkylation sites (N-methyl/N-ethyl adjacent to an activating group) is 1. The lowest BCUT2D eigenvalue weighted by atomic mass is 10.1. The summed E-state index contributed by atoms with van der Waals surface area (Å²) in [5.74, 6) is -4.67. The highest BCUT2D eigenvalue weighted by Gasteiger charge is 2.71. The molecular weight excluding hydrogens is 568 g/mol. The number of nitrogens with zero attached hydrogens (tertiary/aromatic N) is 8. The number of hydrogen-bond donors (Lipinski definition) is 1. The second-order valence-electron chi connectivity index (χ2n) is 11.0. The van der Waals surface area contributed by atoms with E-state index in [1.54, 1.807) is 30.0 Å². The number of ketones is 1. The number of piperidine rings is 1. The van der Waals surface area contributed by atoms with Crippen LogP contribution in [0.3, 0.4) is 0 Å². The number of imide groups is 1. The van der Waals surface area contributed by atoms with E-state index < -0.39 is 66.2 Å². The highest BCUT2D eigenvalue weighted by atomic mass is 19.3. The quantitative estimate of drug-likeness (QED) is 0.437. The normalized spacial score (nSPS) is 26.0. The number of ether oxygens (including phenoxy) is 1. The van der Waals surface area contributed by atoms with Crippen LogP contribution in [0.1, 0.15) is 6.92 Å². The van der Waals surface area contributed by atoms with Crippen molar-refractivity contribution in [2.45, 2.75) is 31.1 Å². The fourth-order valence-electron chi connectivity index (χ4n) is 5.77. The molecule has 0 aromatic carbocycles. The molecule has 0 bridgehead atoms. The van der Waals surface area contributed by atoms with Gasteiger partial charge in [0, 0.05) is 27.2 Å². The molecule has 3 aliphatic heterocycles. The molecule has 16 heteroatoms. The van der Waals surface area contributed by atoms with Crippen molar-refractivity contribution in [3.05, 3.63) is 30.6 Å². The van der Waals surface area contributed by atoms with Gasteiger partial charge in [0.2, 0.25) is 5.91 Å². The summed E-state index contributed by atoms with van der Waals surface area (Å²) >= 11 is 0. The summed E-state index contributed by atoms with van der Waals surface area (Å²) in [6.07, 6.45) is 3.53. The van der Waals surface area contributed by atoms with E-state index in [1.807, 2.05) is 0 Å². The molecule has 0 spiro atoms. The summed E-state index contributed by atoms with van der Waals surface area (Å²) in [6, 6.07) is 2.40. The van der Waals surface area contributed by atoms with Crippen LogP contribution < -0.4 is 10.2 Å². The average Bonchev–Trinajstić information content (AvgIpc) is 3.41. The van der Waals surface area contributed by atoms with Crippen LogP contribution in [0, 0.1) is 11.8 Å². The van der Waals surface area contributed by atoms with Crippen LogP contribution in [0.15, 0.2) is 35.6 Å². The molecule has 226 valence electrons. The topological polar surface area (TPSA) is 154 Å². The second kappa shape index (κ2) is 10.6. The minimum atomic E-state index is -2.58. The summed E-state index contributed by atoms with van der Waals surface area (Å²) in [4.78, 5) is 74.3. The zero-order valence-electron chi connectivity index (χ0n) is 23.6. The Hall–Kier alpha value is -4.60. The molecule has 2 aromatic rings. The molecule has 1 aliphatic carbocycles. The molecule has 1 N–H and O–H groups in total. The van der Waals surface area contributed by atoms with Crippen LogP contribution in [0.5, 0.6) is 0 Å². The van der Waals surface area contributed by atoms with Gasteiger partial charge in [0.1, 0.15) is 30.0 Å². The molecule has 2 aromatic heterocycles. The van der Waals surface area contributed by atoms with Gasteiger partial charge in [-0.1, -0.05) is 6.07 Å². The van der Waals surface area contributed by atoms with Gasteiger partial charge in [-0.25, -0.2) is 33.5 Å². The van der Waals surface area contributed by atoms with Crippen LogP contribution in [0.25, 0.3) is 11.4 Å². The fourth-order valence-corrected chi connectivity index (χ4v) is 5.77. The zero-order chi connectivity index (χ0) is 30.6. The van der Waals surface area contributed by atoms with Crippen LogP contribution in [-0.2, 0) is 19.1 Å². The number of carbonyl (C=O) groups is 4. The molecule has 4 unspecified atom stereocenters. The molecule has 4 amide bonds. The third-order valence-corrected chi connectivity index (χ3v) is 8.30. The van der Waals surface area contributed by atoms with Gasteiger partial charge in [-0.3, -0.25) is 19.3 Å². The average molecular weight is 598 g/mol. The first kappa shape index (κ1) is 28.5. The van der Waals surface area contributed by atoms with Gasteiger partial charge in [-0.15, -0.1) is 0 Å². The lowest BCUT2D eigenvalue weighted by Gasteiger charge is -2.42. The number of rotatable bonds is 9. The number of aliphatic imine (C=N–C) groups is 1. The maximum absolute atomic E-state index is 13.5. The highest BCUT2D eigenvalue weighted by Crippen LogP contribution is 2.59. The fraction of sp³-hybridized carbons (Fsp3) is 0.481. The van der Waals surface area contributed by atoms with Crippen molar-refractivity contribution in [1.29, 1.82) is 0 Å². The zero-order valence-corrected chi connectivity index (χ0v) is 23.6. The van der Waals surface area contributed by atoms with Crippen molar-refractivity contribution in [2.24, 2.45) is 16.8 Å². The van der Waals surface area contributed by atoms with E-state index in [1.165, 1.54) is 42.7 Å². The van der Waals surface area contributed by atoms with Gasteiger partial charge >= 0.3 is 6.03 Å². The maximum atomic E-state index is 13.5. The first-order valence-corrected chi connectivity index (χ1v) is 13.6. The van der Waals surface area contributed by atoms with Crippen molar-refractivity contribution in [2.75, 3.05) is 50.6 Å². The monoisotopic (exact) mass is 597 g/mol. The predicted octanol–water partition coefficient (Wildman–Crippen LogP) is 0.715. The van der Waals surface area contributed by atoms with Crippen molar-refractivity contribution in [3.63, 3.8) is 0 Å². The SMILES string of the molecule is COCC(=O)CN1C(=O)C2C(N=CN2[C@@H](C)C(=O)Nc2cccc(-c3cnc(N4CC5C(C4)C5(F)F)cn3)n2)N(C)C1=O. The molecule has 5 heterocycles. The van der Waals surface area contributed by atoms with Gasteiger partial charge in [-0.2, -0.15) is 0 Å². The van der Waals surface area contributed by atoms with Gasteiger partial charge in [0.05, 0.1) is 42.8 Å². The first-order valence-electron chi connectivity index (χ1n) is 13.6. The van der Waals surface area contributed by atoms with E-state index >= 15 is 0 Å². The largest absolute Gasteiger partial charge is 0.377 e. The summed E-state index contributed by atoms with van der Waals surface area (Å²) in [5.41, 5.74) is 0.864. The molecule has 14 nitrogen and oxygen atoms in total. The number of aromatic nitrogens is 3. The number of Topliss-reactive ketones (excluding diaryl/α,β-unsaturated/α-hetero) is 1. The first-order chi connectivity index (χ1) is 20.5. The van der Waals surface area contributed by atoms with Gasteiger partial charge < -0.3 is 24.8 Å². The Balaban J connectivity index is 1.11. The Bertz CT molecular complexity index is 1490. The number of carbonyl (C=O) groups excluding carboxylic acids is 4. The van der Waals surface area contributed by atoms with E-state index in [2.05, 4.69) is 25.3 Å². The lowest BCUT2D eigenvalue weighted by molar-refractivity contribution is -0.142. The Morgan fingerprint density at radius 3 is 2.56 bits per heavy atom. The van der Waals surface area contributed by atoms with Crippen molar-refractivity contribution < 1.29 is 32.7 Å². The molecule has 0 radical (unpaired) electrons. The standard InChI is InChI=1S/C27H29F2N9O5/c1-14(38-13-32-23-22(38)25(41)37(26(42)35(23)2)9-15(39)12-43-3)24(40)34-20-6-4-5-18(33-20)19-7-31-21(8-30-19)36-10-16-17(11-36)27(16,28)29/h4-8,13-14,16-17,22-23H,9-12H2,1-3H3,(H,33,34,40)/t14-,16?,17?,22?,23?/m0/s1. The van der Waals surface area contributed by atoms with Gasteiger partial charge in [-0.05, 0) is 19.1 Å². The molecule has 3 fully saturated rings. The molecule has 1 saturated carbocycles.